The molecular weight excluding hydrogens is 362 g/mol. The largest absolute Gasteiger partial charge is 0.497 e. The van der Waals surface area contributed by atoms with E-state index >= 15 is 0 Å². The van der Waals surface area contributed by atoms with E-state index in [0.29, 0.717) is 13.0 Å². The Bertz CT molecular complexity index is 729. The van der Waals surface area contributed by atoms with Gasteiger partial charge >= 0.3 is 5.97 Å². The Morgan fingerprint density at radius 2 is 1.67 bits per heavy atom. The number of esters is 1. The van der Waals surface area contributed by atoms with Gasteiger partial charge in [0.05, 0.1) is 12.9 Å². The maximum Gasteiger partial charge on any atom is 0.316 e. The van der Waals surface area contributed by atoms with E-state index in [2.05, 4.69) is 5.32 Å². The molecule has 0 aliphatic carbocycles. The fraction of sp³-hybridized carbons (Fsp3) is 0.333. The maximum absolute atomic E-state index is 11.8. The van der Waals surface area contributed by atoms with Gasteiger partial charge in [0, 0.05) is 12.3 Å². The van der Waals surface area contributed by atoms with E-state index in [-0.39, 0.29) is 24.2 Å². The van der Waals surface area contributed by atoms with Crippen molar-refractivity contribution in [3.05, 3.63) is 65.2 Å². The Labute approximate surface area is 164 Å². The molecule has 0 atom stereocenters. The molecule has 0 aliphatic heterocycles. The molecule has 6 heteroatoms. The molecule has 0 aromatic heterocycles. The van der Waals surface area contributed by atoms with E-state index < -0.39 is 0 Å². The number of nitrogens with one attached hydrogen (secondary N) is 1. The van der Waals surface area contributed by atoms with Crippen molar-refractivity contribution in [1.82, 2.24) is 5.32 Å². The summed E-state index contributed by atoms with van der Waals surface area (Å²) in [5.41, 5.74) is 3.47. The predicted molar refractivity (Wildman–Crippen MR) is 108 cm³/mol. The molecular formula is C21H25NO4S. The van der Waals surface area contributed by atoms with Crippen LogP contribution in [0.4, 0.5) is 0 Å². The third kappa shape index (κ3) is 8.17. The highest BCUT2D eigenvalue weighted by Gasteiger charge is 2.08. The molecule has 0 saturated carbocycles. The summed E-state index contributed by atoms with van der Waals surface area (Å²) in [6, 6.07) is 15.9. The fourth-order valence-corrected chi connectivity index (χ4v) is 3.09. The van der Waals surface area contributed by atoms with Crippen LogP contribution in [0.15, 0.2) is 48.5 Å². The van der Waals surface area contributed by atoms with E-state index in [0.717, 1.165) is 22.6 Å². The van der Waals surface area contributed by atoms with E-state index in [1.807, 2.05) is 55.5 Å². The minimum Gasteiger partial charge on any atom is -0.497 e. The van der Waals surface area contributed by atoms with Gasteiger partial charge in [0.1, 0.15) is 5.75 Å². The first-order valence-electron chi connectivity index (χ1n) is 8.75. The number of benzene rings is 2. The lowest BCUT2D eigenvalue weighted by Gasteiger charge is -2.07. The van der Waals surface area contributed by atoms with Gasteiger partial charge in [-0.3, -0.25) is 9.59 Å². The molecule has 2 aromatic rings. The summed E-state index contributed by atoms with van der Waals surface area (Å²) in [6.07, 6.45) is 0.704. The van der Waals surface area contributed by atoms with Crippen LogP contribution >= 0.6 is 11.8 Å². The molecule has 0 fully saturated rings. The lowest BCUT2D eigenvalue weighted by Crippen LogP contribution is -2.30. The van der Waals surface area contributed by atoms with E-state index in [1.165, 1.54) is 17.3 Å². The Kier molecular flexibility index (Phi) is 8.71. The lowest BCUT2D eigenvalue weighted by atomic mass is 10.1. The molecule has 27 heavy (non-hydrogen) atoms. The molecule has 0 heterocycles. The molecule has 144 valence electrons. The standard InChI is InChI=1S/C21H25NO4S/c1-16-3-5-18(6-4-16)14-27-15-21(24)26-13-20(23)22-12-11-17-7-9-19(25-2)10-8-17/h3-10H,11-15H2,1-2H3,(H,22,23). The van der Waals surface area contributed by atoms with Crippen molar-refractivity contribution in [3.63, 3.8) is 0 Å². The van der Waals surface area contributed by atoms with Gasteiger partial charge in [-0.25, -0.2) is 0 Å². The quantitative estimate of drug-likeness (QED) is 0.635. The normalized spacial score (nSPS) is 10.3. The Balaban J connectivity index is 1.56. The zero-order valence-electron chi connectivity index (χ0n) is 15.7. The van der Waals surface area contributed by atoms with Crippen molar-refractivity contribution in [2.75, 3.05) is 26.0 Å². The number of rotatable bonds is 10. The highest BCUT2D eigenvalue weighted by Crippen LogP contribution is 2.13. The summed E-state index contributed by atoms with van der Waals surface area (Å²) in [6.45, 7) is 2.29. The first-order chi connectivity index (χ1) is 13.1. The number of hydrogen-bond donors (Lipinski definition) is 1. The highest BCUT2D eigenvalue weighted by molar-refractivity contribution is 7.99. The summed E-state index contributed by atoms with van der Waals surface area (Å²) < 4.78 is 10.1. The van der Waals surface area contributed by atoms with Crippen molar-refractivity contribution < 1.29 is 19.1 Å². The van der Waals surface area contributed by atoms with Crippen LogP contribution in [0.1, 0.15) is 16.7 Å². The molecule has 5 nitrogen and oxygen atoms in total. The van der Waals surface area contributed by atoms with E-state index in [4.69, 9.17) is 9.47 Å². The van der Waals surface area contributed by atoms with Crippen LogP contribution in [0.3, 0.4) is 0 Å². The number of carbonyl (C=O) groups excluding carboxylic acids is 2. The zero-order valence-corrected chi connectivity index (χ0v) is 16.5. The third-order valence-corrected chi connectivity index (χ3v) is 4.85. The molecule has 0 aliphatic rings. The summed E-state index contributed by atoms with van der Waals surface area (Å²) in [5.74, 6) is 1.10. The number of hydrogen-bond acceptors (Lipinski definition) is 5. The second kappa shape index (κ2) is 11.3. The SMILES string of the molecule is COc1ccc(CCNC(=O)COC(=O)CSCc2ccc(C)cc2)cc1. The van der Waals surface area contributed by atoms with Gasteiger partial charge in [-0.05, 0) is 36.6 Å². The highest BCUT2D eigenvalue weighted by atomic mass is 32.2. The van der Waals surface area contributed by atoms with Crippen LogP contribution in [0.2, 0.25) is 0 Å². The van der Waals surface area contributed by atoms with Crippen LogP contribution in [0, 0.1) is 6.92 Å². The van der Waals surface area contributed by atoms with Gasteiger partial charge in [-0.2, -0.15) is 0 Å². The minimum atomic E-state index is -0.377. The van der Waals surface area contributed by atoms with Crippen molar-refractivity contribution in [2.45, 2.75) is 19.1 Å². The number of thioether (sulfide) groups is 1. The summed E-state index contributed by atoms with van der Waals surface area (Å²) >= 11 is 1.47. The third-order valence-electron chi connectivity index (χ3n) is 3.87. The van der Waals surface area contributed by atoms with Gasteiger partial charge in [0.25, 0.3) is 5.91 Å². The summed E-state index contributed by atoms with van der Waals surface area (Å²) in [5, 5.41) is 2.75. The monoisotopic (exact) mass is 387 g/mol. The summed E-state index contributed by atoms with van der Waals surface area (Å²) in [7, 11) is 1.62. The average Bonchev–Trinajstić information content (AvgIpc) is 2.68. The number of ether oxygens (including phenoxy) is 2. The van der Waals surface area contributed by atoms with Crippen LogP contribution in [-0.2, 0) is 26.5 Å². The second-order valence-electron chi connectivity index (χ2n) is 6.09. The number of methoxy groups -OCH3 is 1. The van der Waals surface area contributed by atoms with Crippen molar-refractivity contribution in [2.24, 2.45) is 0 Å². The van der Waals surface area contributed by atoms with Gasteiger partial charge in [-0.1, -0.05) is 42.0 Å². The molecule has 1 N–H and O–H groups in total. The van der Waals surface area contributed by atoms with Crippen LogP contribution < -0.4 is 10.1 Å². The Morgan fingerprint density at radius 1 is 1.00 bits per heavy atom. The van der Waals surface area contributed by atoms with Crippen molar-refractivity contribution >= 4 is 23.6 Å². The molecule has 0 radical (unpaired) electrons. The van der Waals surface area contributed by atoms with Crippen molar-refractivity contribution in [3.8, 4) is 5.75 Å². The molecule has 2 aromatic carbocycles. The fourth-order valence-electron chi connectivity index (χ4n) is 2.31. The molecule has 0 bridgehead atoms. The smallest absolute Gasteiger partial charge is 0.316 e. The number of aryl methyl sites for hydroxylation is 1. The molecule has 2 rings (SSSR count). The minimum absolute atomic E-state index is 0.229. The molecule has 0 saturated heterocycles. The van der Waals surface area contributed by atoms with E-state index in [1.54, 1.807) is 7.11 Å². The van der Waals surface area contributed by atoms with Crippen LogP contribution in [0.25, 0.3) is 0 Å². The maximum atomic E-state index is 11.8. The van der Waals surface area contributed by atoms with Gasteiger partial charge in [-0.15, -0.1) is 11.8 Å². The van der Waals surface area contributed by atoms with E-state index in [9.17, 15) is 9.59 Å². The molecule has 0 spiro atoms. The zero-order chi connectivity index (χ0) is 19.5. The van der Waals surface area contributed by atoms with Gasteiger partial charge in [0.15, 0.2) is 6.61 Å². The number of carbonyl (C=O) groups is 2. The Hall–Kier alpha value is -2.47. The lowest BCUT2D eigenvalue weighted by molar-refractivity contribution is -0.145. The first-order valence-corrected chi connectivity index (χ1v) is 9.91. The van der Waals surface area contributed by atoms with Crippen LogP contribution in [-0.4, -0.2) is 37.9 Å². The Morgan fingerprint density at radius 3 is 2.33 bits per heavy atom. The van der Waals surface area contributed by atoms with Gasteiger partial charge in [0.2, 0.25) is 0 Å². The topological polar surface area (TPSA) is 64.6 Å². The summed E-state index contributed by atoms with van der Waals surface area (Å²) in [4.78, 5) is 23.5. The van der Waals surface area contributed by atoms with Gasteiger partial charge < -0.3 is 14.8 Å². The average molecular weight is 388 g/mol. The second-order valence-corrected chi connectivity index (χ2v) is 7.07. The van der Waals surface area contributed by atoms with Crippen molar-refractivity contribution in [1.29, 1.82) is 0 Å². The predicted octanol–water partition coefficient (Wildman–Crippen LogP) is 3.14. The molecule has 1 amide bonds. The number of amides is 1. The molecule has 0 unspecified atom stereocenters. The van der Waals surface area contributed by atoms with Crippen LogP contribution in [0.5, 0.6) is 5.75 Å². The first kappa shape index (κ1) is 20.8.